The zero-order chi connectivity index (χ0) is 15.7. The molecule has 0 spiro atoms. The van der Waals surface area contributed by atoms with Crippen molar-refractivity contribution in [2.24, 2.45) is 5.92 Å². The molecule has 5 nitrogen and oxygen atoms in total. The largest absolute Gasteiger partial charge is 0.481 e. The van der Waals surface area contributed by atoms with Crippen molar-refractivity contribution in [3.63, 3.8) is 0 Å². The molecule has 0 saturated carbocycles. The number of carbonyl (C=O) groups excluding carboxylic acids is 1. The Balaban J connectivity index is 2.41. The van der Waals surface area contributed by atoms with Crippen molar-refractivity contribution >= 4 is 17.6 Å². The topological polar surface area (TPSA) is 92.4 Å². The Hall–Kier alpha value is -2.04. The number of anilines is 1. The van der Waals surface area contributed by atoms with Crippen LogP contribution in [0.1, 0.15) is 49.4 Å². The third-order valence-electron chi connectivity index (χ3n) is 3.51. The number of nitrogen functional groups attached to an aromatic ring is 1. The lowest BCUT2D eigenvalue weighted by molar-refractivity contribution is -0.137. The standard InChI is InChI=1S/C16H24N2O3/c1-2-5-12(8-9-15(19)20)10-11-18-16(21)13-6-3-4-7-14(13)17/h3-4,6-7,12H,2,5,8-11,17H2,1H3,(H,18,21)(H,19,20). The molecule has 1 aromatic rings. The number of hydrogen-bond acceptors (Lipinski definition) is 3. The predicted molar refractivity (Wildman–Crippen MR) is 83.1 cm³/mol. The summed E-state index contributed by atoms with van der Waals surface area (Å²) in [4.78, 5) is 22.6. The lowest BCUT2D eigenvalue weighted by Crippen LogP contribution is -2.26. The van der Waals surface area contributed by atoms with Gasteiger partial charge in [0.25, 0.3) is 5.91 Å². The minimum Gasteiger partial charge on any atom is -0.481 e. The Morgan fingerprint density at radius 3 is 2.57 bits per heavy atom. The van der Waals surface area contributed by atoms with Gasteiger partial charge < -0.3 is 16.2 Å². The van der Waals surface area contributed by atoms with Gasteiger partial charge >= 0.3 is 5.97 Å². The van der Waals surface area contributed by atoms with Crippen LogP contribution >= 0.6 is 0 Å². The molecule has 4 N–H and O–H groups in total. The molecule has 1 rings (SSSR count). The molecule has 0 heterocycles. The molecular weight excluding hydrogens is 268 g/mol. The van der Waals surface area contributed by atoms with Crippen molar-refractivity contribution in [3.8, 4) is 0 Å². The van der Waals surface area contributed by atoms with E-state index in [2.05, 4.69) is 12.2 Å². The molecule has 0 fully saturated rings. The molecule has 0 aliphatic carbocycles. The summed E-state index contributed by atoms with van der Waals surface area (Å²) in [7, 11) is 0. The van der Waals surface area contributed by atoms with Crippen LogP contribution in [-0.2, 0) is 4.79 Å². The molecule has 1 atom stereocenters. The van der Waals surface area contributed by atoms with Gasteiger partial charge in [-0.15, -0.1) is 0 Å². The van der Waals surface area contributed by atoms with Gasteiger partial charge in [0.05, 0.1) is 5.56 Å². The zero-order valence-electron chi connectivity index (χ0n) is 12.5. The van der Waals surface area contributed by atoms with E-state index in [0.29, 0.717) is 30.1 Å². The van der Waals surface area contributed by atoms with Crippen molar-refractivity contribution in [2.75, 3.05) is 12.3 Å². The number of hydrogen-bond donors (Lipinski definition) is 3. The van der Waals surface area contributed by atoms with Crippen LogP contribution in [0.4, 0.5) is 5.69 Å². The highest BCUT2D eigenvalue weighted by molar-refractivity contribution is 5.98. The van der Waals surface area contributed by atoms with Gasteiger partial charge in [-0.05, 0) is 30.9 Å². The van der Waals surface area contributed by atoms with E-state index in [1.54, 1.807) is 24.3 Å². The van der Waals surface area contributed by atoms with E-state index >= 15 is 0 Å². The van der Waals surface area contributed by atoms with Crippen molar-refractivity contribution in [2.45, 2.75) is 39.0 Å². The maximum atomic E-state index is 12.0. The number of aliphatic carboxylic acids is 1. The average molecular weight is 292 g/mol. The summed E-state index contributed by atoms with van der Waals surface area (Å²) in [5.41, 5.74) is 6.70. The van der Waals surface area contributed by atoms with Gasteiger partial charge in [-0.3, -0.25) is 9.59 Å². The first kappa shape index (κ1) is 17.0. The van der Waals surface area contributed by atoms with Crippen LogP contribution in [0.3, 0.4) is 0 Å². The Labute approximate surface area is 125 Å². The lowest BCUT2D eigenvalue weighted by atomic mass is 9.94. The first-order valence-corrected chi connectivity index (χ1v) is 7.39. The van der Waals surface area contributed by atoms with Crippen LogP contribution in [0.15, 0.2) is 24.3 Å². The van der Waals surface area contributed by atoms with E-state index in [-0.39, 0.29) is 12.3 Å². The molecule has 21 heavy (non-hydrogen) atoms. The monoisotopic (exact) mass is 292 g/mol. The van der Waals surface area contributed by atoms with E-state index < -0.39 is 5.97 Å². The molecule has 1 amide bonds. The highest BCUT2D eigenvalue weighted by Crippen LogP contribution is 2.17. The highest BCUT2D eigenvalue weighted by Gasteiger charge is 2.12. The number of nitrogens with one attached hydrogen (secondary N) is 1. The molecule has 1 unspecified atom stereocenters. The number of carbonyl (C=O) groups is 2. The fraction of sp³-hybridized carbons (Fsp3) is 0.500. The summed E-state index contributed by atoms with van der Waals surface area (Å²) in [5, 5.41) is 11.6. The third-order valence-corrected chi connectivity index (χ3v) is 3.51. The first-order chi connectivity index (χ1) is 10.0. The highest BCUT2D eigenvalue weighted by atomic mass is 16.4. The van der Waals surface area contributed by atoms with Crippen molar-refractivity contribution < 1.29 is 14.7 Å². The Morgan fingerprint density at radius 1 is 1.24 bits per heavy atom. The molecule has 0 saturated heterocycles. The minimum absolute atomic E-state index is 0.179. The number of benzene rings is 1. The van der Waals surface area contributed by atoms with E-state index in [0.717, 1.165) is 19.3 Å². The van der Waals surface area contributed by atoms with E-state index in [1.165, 1.54) is 0 Å². The number of rotatable bonds is 9. The summed E-state index contributed by atoms with van der Waals surface area (Å²) in [6.45, 7) is 2.62. The predicted octanol–water partition coefficient (Wildman–Crippen LogP) is 2.67. The van der Waals surface area contributed by atoms with Crippen LogP contribution in [0, 0.1) is 5.92 Å². The molecule has 0 aliphatic heterocycles. The van der Waals surface area contributed by atoms with E-state index in [4.69, 9.17) is 10.8 Å². The molecular formula is C16H24N2O3. The van der Waals surface area contributed by atoms with Crippen molar-refractivity contribution in [3.05, 3.63) is 29.8 Å². The summed E-state index contributed by atoms with van der Waals surface area (Å²) < 4.78 is 0. The van der Waals surface area contributed by atoms with Gasteiger partial charge in [-0.2, -0.15) is 0 Å². The van der Waals surface area contributed by atoms with Crippen LogP contribution in [0.2, 0.25) is 0 Å². The molecule has 116 valence electrons. The second-order valence-electron chi connectivity index (χ2n) is 5.22. The zero-order valence-corrected chi connectivity index (χ0v) is 12.5. The lowest BCUT2D eigenvalue weighted by Gasteiger charge is -2.15. The first-order valence-electron chi connectivity index (χ1n) is 7.39. The minimum atomic E-state index is -0.766. The van der Waals surface area contributed by atoms with E-state index in [1.807, 2.05) is 0 Å². The Kier molecular flexibility index (Phi) is 7.29. The van der Waals surface area contributed by atoms with Gasteiger partial charge in [-0.1, -0.05) is 31.9 Å². The van der Waals surface area contributed by atoms with Crippen molar-refractivity contribution in [1.82, 2.24) is 5.32 Å². The molecule has 0 radical (unpaired) electrons. The molecule has 5 heteroatoms. The fourth-order valence-corrected chi connectivity index (χ4v) is 2.36. The number of carboxylic acids is 1. The van der Waals surface area contributed by atoms with Crippen LogP contribution in [0.5, 0.6) is 0 Å². The summed E-state index contributed by atoms with van der Waals surface area (Å²) in [5.74, 6) is -0.613. The molecule has 1 aromatic carbocycles. The number of amides is 1. The fourth-order valence-electron chi connectivity index (χ4n) is 2.36. The van der Waals surface area contributed by atoms with Gasteiger partial charge in [-0.25, -0.2) is 0 Å². The van der Waals surface area contributed by atoms with Crippen LogP contribution < -0.4 is 11.1 Å². The van der Waals surface area contributed by atoms with Gasteiger partial charge in [0, 0.05) is 18.7 Å². The average Bonchev–Trinajstić information content (AvgIpc) is 2.45. The SMILES string of the molecule is CCCC(CCNC(=O)c1ccccc1N)CCC(=O)O. The van der Waals surface area contributed by atoms with Gasteiger partial charge in [0.1, 0.15) is 0 Å². The second kappa shape index (κ2) is 9.00. The summed E-state index contributed by atoms with van der Waals surface area (Å²) in [6.07, 6.45) is 3.64. The third kappa shape index (κ3) is 6.29. The summed E-state index contributed by atoms with van der Waals surface area (Å²) in [6, 6.07) is 6.95. The molecule has 0 aliphatic rings. The second-order valence-corrected chi connectivity index (χ2v) is 5.22. The maximum absolute atomic E-state index is 12.0. The Morgan fingerprint density at radius 2 is 1.95 bits per heavy atom. The van der Waals surface area contributed by atoms with Gasteiger partial charge in [0.2, 0.25) is 0 Å². The number of para-hydroxylation sites is 1. The van der Waals surface area contributed by atoms with Gasteiger partial charge in [0.15, 0.2) is 0 Å². The van der Waals surface area contributed by atoms with Crippen molar-refractivity contribution in [1.29, 1.82) is 0 Å². The smallest absolute Gasteiger partial charge is 0.303 e. The maximum Gasteiger partial charge on any atom is 0.303 e. The Bertz CT molecular complexity index is 474. The van der Waals surface area contributed by atoms with Crippen LogP contribution in [0.25, 0.3) is 0 Å². The molecule has 0 aromatic heterocycles. The summed E-state index contributed by atoms with van der Waals surface area (Å²) >= 11 is 0. The number of nitrogens with two attached hydrogens (primary N) is 1. The number of carboxylic acid groups (broad SMARTS) is 1. The normalized spacial score (nSPS) is 11.9. The molecule has 0 bridgehead atoms. The van der Waals surface area contributed by atoms with E-state index in [9.17, 15) is 9.59 Å². The van der Waals surface area contributed by atoms with Crippen LogP contribution in [-0.4, -0.2) is 23.5 Å². The quantitative estimate of drug-likeness (QED) is 0.610.